The molecule has 142 valence electrons. The Bertz CT molecular complexity index is 844. The fraction of sp³-hybridized carbons (Fsp3) is 0.294. The molecule has 0 bridgehead atoms. The molecule has 0 aliphatic heterocycles. The van der Waals surface area contributed by atoms with Gasteiger partial charge in [0.15, 0.2) is 0 Å². The number of benzene rings is 2. The number of rotatable bonds is 8. The number of aryl methyl sites for hydroxylation is 1. The smallest absolute Gasteiger partial charge is 0.272 e. The second kappa shape index (κ2) is 9.63. The highest BCUT2D eigenvalue weighted by atomic mass is 35.5. The number of nitrogens with zero attached hydrogens (tertiary/aromatic N) is 2. The van der Waals surface area contributed by atoms with Crippen molar-refractivity contribution in [2.24, 2.45) is 5.73 Å². The fourth-order valence-electron chi connectivity index (χ4n) is 2.48. The second-order valence-electron chi connectivity index (χ2n) is 5.67. The van der Waals surface area contributed by atoms with Crippen molar-refractivity contribution >= 4 is 28.1 Å². The molecule has 0 aromatic heterocycles. The summed E-state index contributed by atoms with van der Waals surface area (Å²) in [5.74, 6) is 0. The summed E-state index contributed by atoms with van der Waals surface area (Å²) in [5, 5.41) is 10.9. The minimum Gasteiger partial charge on any atom is -0.330 e. The molecule has 0 aliphatic rings. The van der Waals surface area contributed by atoms with E-state index in [1.54, 1.807) is 0 Å². The Balaban J connectivity index is 0.00000338. The summed E-state index contributed by atoms with van der Waals surface area (Å²) in [6.07, 6.45) is 0.526. The molecule has 0 radical (unpaired) electrons. The Morgan fingerprint density at radius 1 is 1.15 bits per heavy atom. The third-order valence-electron chi connectivity index (χ3n) is 3.82. The molecule has 2 aromatic carbocycles. The Labute approximate surface area is 159 Å². The lowest BCUT2D eigenvalue weighted by molar-refractivity contribution is -0.385. The first-order chi connectivity index (χ1) is 11.9. The van der Waals surface area contributed by atoms with E-state index in [0.717, 1.165) is 5.56 Å². The van der Waals surface area contributed by atoms with Gasteiger partial charge in [0, 0.05) is 24.7 Å². The molecule has 0 atom stereocenters. The van der Waals surface area contributed by atoms with E-state index in [2.05, 4.69) is 0 Å². The van der Waals surface area contributed by atoms with Gasteiger partial charge in [-0.25, -0.2) is 8.42 Å². The zero-order chi connectivity index (χ0) is 18.4. The van der Waals surface area contributed by atoms with Gasteiger partial charge in [-0.1, -0.05) is 30.3 Å². The molecule has 0 saturated carbocycles. The molecule has 2 N–H and O–H groups in total. The third kappa shape index (κ3) is 5.25. The average molecular weight is 400 g/mol. The Morgan fingerprint density at radius 2 is 1.81 bits per heavy atom. The van der Waals surface area contributed by atoms with Crippen LogP contribution in [0.3, 0.4) is 0 Å². The second-order valence-corrected chi connectivity index (χ2v) is 7.61. The molecule has 0 spiro atoms. The fourth-order valence-corrected chi connectivity index (χ4v) is 4.03. The summed E-state index contributed by atoms with van der Waals surface area (Å²) in [6, 6.07) is 13.1. The highest BCUT2D eigenvalue weighted by molar-refractivity contribution is 7.89. The molecule has 0 aliphatic carbocycles. The minimum absolute atomic E-state index is 0. The number of hydrogen-bond donors (Lipinski definition) is 1. The van der Waals surface area contributed by atoms with Crippen LogP contribution in [-0.4, -0.2) is 30.7 Å². The summed E-state index contributed by atoms with van der Waals surface area (Å²) in [7, 11) is -3.78. The van der Waals surface area contributed by atoms with E-state index in [-0.39, 0.29) is 36.1 Å². The van der Waals surface area contributed by atoms with E-state index < -0.39 is 14.9 Å². The normalized spacial score (nSPS) is 11.2. The molecule has 0 saturated heterocycles. The van der Waals surface area contributed by atoms with Gasteiger partial charge >= 0.3 is 0 Å². The van der Waals surface area contributed by atoms with Gasteiger partial charge in [-0.3, -0.25) is 10.1 Å². The summed E-state index contributed by atoms with van der Waals surface area (Å²) in [4.78, 5) is 10.5. The first-order valence-corrected chi connectivity index (χ1v) is 9.29. The van der Waals surface area contributed by atoms with Gasteiger partial charge in [0.2, 0.25) is 10.0 Å². The van der Waals surface area contributed by atoms with E-state index in [0.29, 0.717) is 18.5 Å². The standard InChI is InChI=1S/C17H21N3O4S.ClH/c1-14-12-16(8-9-17(14)20(21)22)25(23,24)19(11-5-10-18)13-15-6-3-2-4-7-15;/h2-4,6-9,12H,5,10-11,13,18H2,1H3;1H. The predicted molar refractivity (Wildman–Crippen MR) is 103 cm³/mol. The van der Waals surface area contributed by atoms with E-state index >= 15 is 0 Å². The SMILES string of the molecule is Cc1cc(S(=O)(=O)N(CCCN)Cc2ccccc2)ccc1[N+](=O)[O-].Cl. The molecule has 0 heterocycles. The number of nitrogens with two attached hydrogens (primary N) is 1. The molecular weight excluding hydrogens is 378 g/mol. The van der Waals surface area contributed by atoms with Gasteiger partial charge < -0.3 is 5.73 Å². The molecular formula is C17H22ClN3O4S. The van der Waals surface area contributed by atoms with Crippen LogP contribution in [0.5, 0.6) is 0 Å². The Kier molecular flexibility index (Phi) is 8.16. The molecule has 0 unspecified atom stereocenters. The van der Waals surface area contributed by atoms with Gasteiger partial charge in [-0.2, -0.15) is 4.31 Å². The number of sulfonamides is 1. The van der Waals surface area contributed by atoms with E-state index in [1.807, 2.05) is 30.3 Å². The molecule has 7 nitrogen and oxygen atoms in total. The summed E-state index contributed by atoms with van der Waals surface area (Å²) >= 11 is 0. The van der Waals surface area contributed by atoms with Crippen LogP contribution in [-0.2, 0) is 16.6 Å². The molecule has 26 heavy (non-hydrogen) atoms. The zero-order valence-electron chi connectivity index (χ0n) is 14.4. The lowest BCUT2D eigenvalue weighted by Crippen LogP contribution is -2.32. The van der Waals surface area contributed by atoms with Crippen LogP contribution in [0, 0.1) is 17.0 Å². The highest BCUT2D eigenvalue weighted by Crippen LogP contribution is 2.25. The van der Waals surface area contributed by atoms with E-state index in [1.165, 1.54) is 29.4 Å². The highest BCUT2D eigenvalue weighted by Gasteiger charge is 2.26. The Morgan fingerprint density at radius 3 is 2.35 bits per heavy atom. The van der Waals surface area contributed by atoms with Crippen molar-refractivity contribution in [1.29, 1.82) is 0 Å². The van der Waals surface area contributed by atoms with Gasteiger partial charge in [-0.05, 0) is 37.6 Å². The van der Waals surface area contributed by atoms with Crippen LogP contribution < -0.4 is 5.73 Å². The molecule has 0 fully saturated rings. The number of nitro benzene ring substituents is 1. The van der Waals surface area contributed by atoms with Crippen LogP contribution in [0.1, 0.15) is 17.5 Å². The van der Waals surface area contributed by atoms with Crippen LogP contribution in [0.25, 0.3) is 0 Å². The zero-order valence-corrected chi connectivity index (χ0v) is 16.0. The maximum absolute atomic E-state index is 13.0. The average Bonchev–Trinajstić information content (AvgIpc) is 2.58. The van der Waals surface area contributed by atoms with Crippen molar-refractivity contribution in [2.75, 3.05) is 13.1 Å². The van der Waals surface area contributed by atoms with Crippen molar-refractivity contribution < 1.29 is 13.3 Å². The largest absolute Gasteiger partial charge is 0.330 e. The first-order valence-electron chi connectivity index (χ1n) is 7.85. The monoisotopic (exact) mass is 399 g/mol. The maximum atomic E-state index is 13.0. The topological polar surface area (TPSA) is 107 Å². The first kappa shape index (κ1) is 22.0. The van der Waals surface area contributed by atoms with Crippen molar-refractivity contribution in [3.05, 3.63) is 69.8 Å². The number of nitro groups is 1. The van der Waals surface area contributed by atoms with Crippen molar-refractivity contribution in [2.45, 2.75) is 24.8 Å². The van der Waals surface area contributed by atoms with Gasteiger partial charge in [-0.15, -0.1) is 12.4 Å². The lowest BCUT2D eigenvalue weighted by Gasteiger charge is -2.22. The predicted octanol–water partition coefficient (Wildman–Crippen LogP) is 2.86. The molecule has 2 aromatic rings. The molecule has 0 amide bonds. The van der Waals surface area contributed by atoms with E-state index in [4.69, 9.17) is 5.73 Å². The van der Waals surface area contributed by atoms with Crippen molar-refractivity contribution in [1.82, 2.24) is 4.31 Å². The number of hydrogen-bond acceptors (Lipinski definition) is 5. The third-order valence-corrected chi connectivity index (χ3v) is 5.66. The van der Waals surface area contributed by atoms with Crippen molar-refractivity contribution in [3.63, 3.8) is 0 Å². The Hall–Kier alpha value is -2.00. The van der Waals surface area contributed by atoms with E-state index in [9.17, 15) is 18.5 Å². The lowest BCUT2D eigenvalue weighted by atomic mass is 10.2. The quantitative estimate of drug-likeness (QED) is 0.542. The summed E-state index contributed by atoms with van der Waals surface area (Å²) in [5.41, 5.74) is 6.60. The van der Waals surface area contributed by atoms with Gasteiger partial charge in [0.05, 0.1) is 9.82 Å². The maximum Gasteiger partial charge on any atom is 0.272 e. The number of halogens is 1. The molecule has 2 rings (SSSR count). The summed E-state index contributed by atoms with van der Waals surface area (Å²) in [6.45, 7) is 2.40. The van der Waals surface area contributed by atoms with Gasteiger partial charge in [0.1, 0.15) is 0 Å². The minimum atomic E-state index is -3.78. The van der Waals surface area contributed by atoms with Crippen LogP contribution in [0.4, 0.5) is 5.69 Å². The van der Waals surface area contributed by atoms with Crippen LogP contribution in [0.15, 0.2) is 53.4 Å². The molecule has 9 heteroatoms. The summed E-state index contributed by atoms with van der Waals surface area (Å²) < 4.78 is 27.3. The van der Waals surface area contributed by atoms with Gasteiger partial charge in [0.25, 0.3) is 5.69 Å². The van der Waals surface area contributed by atoms with Crippen LogP contribution in [0.2, 0.25) is 0 Å². The van der Waals surface area contributed by atoms with Crippen LogP contribution >= 0.6 is 12.4 Å². The van der Waals surface area contributed by atoms with Crippen molar-refractivity contribution in [3.8, 4) is 0 Å².